The number of hydrogen-bond donors (Lipinski definition) is 0. The van der Waals surface area contributed by atoms with Gasteiger partial charge in [0.25, 0.3) is 0 Å². The molecule has 3 nitrogen and oxygen atoms in total. The van der Waals surface area contributed by atoms with E-state index in [-0.39, 0.29) is 0 Å². The maximum atomic E-state index is 10.2. The zero-order valence-corrected chi connectivity index (χ0v) is 17.3. The van der Waals surface area contributed by atoms with E-state index in [9.17, 15) is 5.26 Å². The second-order valence-corrected chi connectivity index (χ2v) is 8.86. The monoisotopic (exact) mass is 392 g/mol. The number of nitriles is 1. The number of allylic oxidation sites excluding steroid dienone is 4. The van der Waals surface area contributed by atoms with E-state index in [1.807, 2.05) is 0 Å². The number of para-hydroxylation sites is 2. The summed E-state index contributed by atoms with van der Waals surface area (Å²) in [5, 5.41) is 10.2. The van der Waals surface area contributed by atoms with Crippen molar-refractivity contribution in [3.63, 3.8) is 0 Å². The van der Waals surface area contributed by atoms with E-state index in [1.165, 1.54) is 39.5 Å². The highest BCUT2D eigenvalue weighted by Gasteiger charge is 2.37. The Labute approximate surface area is 178 Å². The normalized spacial score (nSPS) is 24.8. The molecule has 0 fully saturated rings. The minimum atomic E-state index is 0.530. The molecule has 1 atom stereocenters. The molecule has 0 saturated carbocycles. The summed E-state index contributed by atoms with van der Waals surface area (Å²) >= 11 is 0. The van der Waals surface area contributed by atoms with Gasteiger partial charge >= 0.3 is 0 Å². The third-order valence-electron chi connectivity index (χ3n) is 7.38. The van der Waals surface area contributed by atoms with Crippen molar-refractivity contribution in [2.75, 3.05) is 18.0 Å². The van der Waals surface area contributed by atoms with E-state index < -0.39 is 0 Å². The number of benzene rings is 2. The summed E-state index contributed by atoms with van der Waals surface area (Å²) in [7, 11) is 0. The fourth-order valence-corrected chi connectivity index (χ4v) is 5.89. The van der Waals surface area contributed by atoms with Crippen molar-refractivity contribution in [1.82, 2.24) is 0 Å². The number of rotatable bonds is 1. The standard InChI is InChI=1S/C27H26N3/c28-18-24-23-17-22(29-15-13-20-5-1-3-7-25(20)29)11-9-19(23)10-12-27(24)30-16-14-21-6-2-4-8-26(21)30/h1-8,17,19H,9-16H2/q+1. The molecule has 0 bridgehead atoms. The second kappa shape index (κ2) is 6.99. The SMILES string of the molecule is N#CC1=C2C=C(N3CCc4ccccc43)CCC2CCC1=[N+]1CCc2ccccc21. The Morgan fingerprint density at radius 2 is 1.70 bits per heavy atom. The Morgan fingerprint density at radius 1 is 0.900 bits per heavy atom. The average Bonchev–Trinajstić information content (AvgIpc) is 3.42. The van der Waals surface area contributed by atoms with Gasteiger partial charge in [-0.2, -0.15) is 9.84 Å². The van der Waals surface area contributed by atoms with Gasteiger partial charge in [0.2, 0.25) is 5.69 Å². The molecule has 2 heterocycles. The molecule has 30 heavy (non-hydrogen) atoms. The Hall–Kier alpha value is -3.12. The molecule has 0 amide bonds. The van der Waals surface area contributed by atoms with Gasteiger partial charge in [0.05, 0.1) is 0 Å². The molecule has 1 unspecified atom stereocenters. The zero-order chi connectivity index (χ0) is 20.1. The molecule has 0 N–H and O–H groups in total. The lowest BCUT2D eigenvalue weighted by Crippen LogP contribution is -2.29. The number of nitrogens with zero attached hydrogens (tertiary/aromatic N) is 3. The number of anilines is 1. The van der Waals surface area contributed by atoms with Crippen molar-refractivity contribution in [3.8, 4) is 6.07 Å². The molecule has 0 aromatic heterocycles. The van der Waals surface area contributed by atoms with Gasteiger partial charge in [-0.1, -0.05) is 36.4 Å². The summed E-state index contributed by atoms with van der Waals surface area (Å²) in [6.45, 7) is 2.05. The first-order chi connectivity index (χ1) is 14.8. The van der Waals surface area contributed by atoms with Gasteiger partial charge in [-0.05, 0) is 54.9 Å². The highest BCUT2D eigenvalue weighted by Crippen LogP contribution is 2.42. The Morgan fingerprint density at radius 3 is 2.60 bits per heavy atom. The largest absolute Gasteiger partial charge is 0.345 e. The third kappa shape index (κ3) is 2.67. The van der Waals surface area contributed by atoms with Crippen LogP contribution in [0.2, 0.25) is 0 Å². The maximum absolute atomic E-state index is 10.2. The summed E-state index contributed by atoms with van der Waals surface area (Å²) in [5.74, 6) is 0.530. The number of fused-ring (bicyclic) bond motifs is 3. The Balaban J connectivity index is 1.46. The van der Waals surface area contributed by atoms with Crippen LogP contribution in [0.4, 0.5) is 11.4 Å². The predicted octanol–water partition coefficient (Wildman–Crippen LogP) is 5.30. The van der Waals surface area contributed by atoms with Crippen LogP contribution < -0.4 is 4.90 Å². The summed E-state index contributed by atoms with van der Waals surface area (Å²) in [5.41, 5.74) is 10.4. The highest BCUT2D eigenvalue weighted by atomic mass is 15.2. The van der Waals surface area contributed by atoms with Crippen LogP contribution in [-0.2, 0) is 12.8 Å². The van der Waals surface area contributed by atoms with Gasteiger partial charge in [0.1, 0.15) is 11.6 Å². The summed E-state index contributed by atoms with van der Waals surface area (Å²) < 4.78 is 2.42. The fraction of sp³-hybridized carbons (Fsp3) is 0.333. The fourth-order valence-electron chi connectivity index (χ4n) is 5.89. The molecular formula is C27H26N3+. The van der Waals surface area contributed by atoms with Gasteiger partial charge in [-0.25, -0.2) is 0 Å². The predicted molar refractivity (Wildman–Crippen MR) is 120 cm³/mol. The second-order valence-electron chi connectivity index (χ2n) is 8.86. The van der Waals surface area contributed by atoms with Gasteiger partial charge in [-0.3, -0.25) is 0 Å². The van der Waals surface area contributed by atoms with E-state index in [0.29, 0.717) is 5.92 Å². The van der Waals surface area contributed by atoms with Crippen LogP contribution in [0.25, 0.3) is 0 Å². The minimum Gasteiger partial charge on any atom is -0.345 e. The van der Waals surface area contributed by atoms with Crippen LogP contribution in [0.1, 0.15) is 36.8 Å². The molecule has 2 aliphatic carbocycles. The summed E-state index contributed by atoms with van der Waals surface area (Å²) in [6.07, 6.45) is 9.01. The third-order valence-corrected chi connectivity index (χ3v) is 7.38. The van der Waals surface area contributed by atoms with Crippen LogP contribution in [0.5, 0.6) is 0 Å². The molecular weight excluding hydrogens is 366 g/mol. The summed E-state index contributed by atoms with van der Waals surface area (Å²) in [4.78, 5) is 2.49. The molecule has 2 aromatic rings. The van der Waals surface area contributed by atoms with Gasteiger partial charge in [-0.15, -0.1) is 0 Å². The molecule has 0 saturated heterocycles. The first-order valence-corrected chi connectivity index (χ1v) is 11.3. The molecule has 0 spiro atoms. The lowest BCUT2D eigenvalue weighted by atomic mass is 9.76. The van der Waals surface area contributed by atoms with Crippen molar-refractivity contribution < 1.29 is 4.58 Å². The van der Waals surface area contributed by atoms with Crippen LogP contribution in [-0.4, -0.2) is 23.4 Å². The first kappa shape index (κ1) is 17.7. The van der Waals surface area contributed by atoms with Crippen molar-refractivity contribution >= 4 is 17.1 Å². The molecule has 3 heteroatoms. The van der Waals surface area contributed by atoms with E-state index in [1.54, 1.807) is 0 Å². The van der Waals surface area contributed by atoms with E-state index in [4.69, 9.17) is 0 Å². The maximum Gasteiger partial charge on any atom is 0.208 e. The van der Waals surface area contributed by atoms with Gasteiger partial charge < -0.3 is 4.90 Å². The Bertz CT molecular complexity index is 1170. The van der Waals surface area contributed by atoms with Crippen molar-refractivity contribution in [1.29, 1.82) is 5.26 Å². The Kier molecular flexibility index (Phi) is 4.13. The highest BCUT2D eigenvalue weighted by molar-refractivity contribution is 6.03. The molecule has 0 radical (unpaired) electrons. The zero-order valence-electron chi connectivity index (χ0n) is 17.3. The minimum absolute atomic E-state index is 0.530. The van der Waals surface area contributed by atoms with Gasteiger partial charge in [0.15, 0.2) is 12.3 Å². The average molecular weight is 393 g/mol. The smallest absolute Gasteiger partial charge is 0.208 e. The van der Waals surface area contributed by atoms with Crippen molar-refractivity contribution in [3.05, 3.63) is 82.6 Å². The lowest BCUT2D eigenvalue weighted by molar-refractivity contribution is -0.430. The van der Waals surface area contributed by atoms with E-state index >= 15 is 0 Å². The molecule has 6 rings (SSSR count). The topological polar surface area (TPSA) is 30.0 Å². The van der Waals surface area contributed by atoms with Crippen LogP contribution in [0.3, 0.4) is 0 Å². The first-order valence-electron chi connectivity index (χ1n) is 11.3. The van der Waals surface area contributed by atoms with Crippen molar-refractivity contribution in [2.24, 2.45) is 5.92 Å². The summed E-state index contributed by atoms with van der Waals surface area (Å²) in [6, 6.07) is 20.1. The van der Waals surface area contributed by atoms with Crippen LogP contribution in [0.15, 0.2) is 71.5 Å². The van der Waals surface area contributed by atoms with Crippen LogP contribution in [0, 0.1) is 17.2 Å². The quantitative estimate of drug-likeness (QED) is 0.617. The van der Waals surface area contributed by atoms with Gasteiger partial charge in [0, 0.05) is 42.4 Å². The van der Waals surface area contributed by atoms with Crippen LogP contribution >= 0.6 is 0 Å². The van der Waals surface area contributed by atoms with E-state index in [0.717, 1.165) is 57.2 Å². The molecule has 2 aliphatic heterocycles. The lowest BCUT2D eigenvalue weighted by Gasteiger charge is -2.33. The molecule has 4 aliphatic rings. The van der Waals surface area contributed by atoms with E-state index in [2.05, 4.69) is 70.2 Å². The molecule has 148 valence electrons. The number of hydrogen-bond acceptors (Lipinski definition) is 2. The van der Waals surface area contributed by atoms with Crippen molar-refractivity contribution in [2.45, 2.75) is 38.5 Å². The molecule has 2 aromatic carbocycles.